The highest BCUT2D eigenvalue weighted by Crippen LogP contribution is 2.25. The van der Waals surface area contributed by atoms with E-state index in [1.165, 1.54) is 51.6 Å². The predicted molar refractivity (Wildman–Crippen MR) is 88.1 cm³/mol. The second-order valence-corrected chi connectivity index (χ2v) is 7.44. The van der Waals surface area contributed by atoms with Crippen molar-refractivity contribution in [1.29, 1.82) is 0 Å². The van der Waals surface area contributed by atoms with Gasteiger partial charge in [0, 0.05) is 31.2 Å². The van der Waals surface area contributed by atoms with Crippen LogP contribution in [0.25, 0.3) is 0 Å². The van der Waals surface area contributed by atoms with Gasteiger partial charge in [0.25, 0.3) is 0 Å². The Morgan fingerprint density at radius 3 is 2.80 bits per heavy atom. The van der Waals surface area contributed by atoms with Crippen molar-refractivity contribution in [1.82, 2.24) is 10.2 Å². The first-order valence-corrected chi connectivity index (χ1v) is 8.71. The van der Waals surface area contributed by atoms with Crippen LogP contribution in [-0.2, 0) is 0 Å². The summed E-state index contributed by atoms with van der Waals surface area (Å²) in [5, 5.41) is 3.79. The molecule has 0 aromatic carbocycles. The Balaban J connectivity index is 1.94. The molecule has 1 N–H and O–H groups in total. The molecule has 2 rings (SSSR count). The number of hydrogen-bond donors (Lipinski definition) is 1. The summed E-state index contributed by atoms with van der Waals surface area (Å²) in [5.74, 6) is 0.740. The van der Waals surface area contributed by atoms with Gasteiger partial charge in [-0.3, -0.25) is 4.90 Å². The summed E-state index contributed by atoms with van der Waals surface area (Å²) in [6, 6.07) is 0.707. The summed E-state index contributed by atoms with van der Waals surface area (Å²) < 4.78 is 0. The van der Waals surface area contributed by atoms with E-state index in [-0.39, 0.29) is 0 Å². The van der Waals surface area contributed by atoms with Crippen LogP contribution in [0.1, 0.15) is 66.2 Å². The topological polar surface area (TPSA) is 15.3 Å². The van der Waals surface area contributed by atoms with E-state index in [0.717, 1.165) is 12.5 Å². The van der Waals surface area contributed by atoms with Crippen LogP contribution in [0.3, 0.4) is 0 Å². The molecule has 0 spiro atoms. The predicted octanol–water partition coefficient (Wildman–Crippen LogP) is 3.98. The highest BCUT2D eigenvalue weighted by atomic mass is 15.3. The van der Waals surface area contributed by atoms with Crippen molar-refractivity contribution in [3.05, 3.63) is 11.6 Å². The lowest BCUT2D eigenvalue weighted by atomic mass is 9.89. The van der Waals surface area contributed by atoms with Gasteiger partial charge in [-0.2, -0.15) is 0 Å². The Hall–Kier alpha value is -0.340. The molecule has 1 saturated heterocycles. The van der Waals surface area contributed by atoms with E-state index in [9.17, 15) is 0 Å². The van der Waals surface area contributed by atoms with Crippen molar-refractivity contribution in [2.24, 2.45) is 5.92 Å². The van der Waals surface area contributed by atoms with Gasteiger partial charge in [-0.1, -0.05) is 32.4 Å². The molecule has 0 aromatic rings. The van der Waals surface area contributed by atoms with Crippen molar-refractivity contribution in [3.63, 3.8) is 0 Å². The van der Waals surface area contributed by atoms with Gasteiger partial charge in [-0.25, -0.2) is 0 Å². The molecule has 0 radical (unpaired) electrons. The molecule has 1 aliphatic heterocycles. The van der Waals surface area contributed by atoms with Gasteiger partial charge in [0.1, 0.15) is 0 Å². The zero-order valence-electron chi connectivity index (χ0n) is 14.0. The molecule has 0 bridgehead atoms. The van der Waals surface area contributed by atoms with E-state index in [2.05, 4.69) is 44.0 Å². The van der Waals surface area contributed by atoms with Gasteiger partial charge in [-0.15, -0.1) is 0 Å². The second-order valence-electron chi connectivity index (χ2n) is 7.44. The number of allylic oxidation sites excluding steroid dienone is 1. The van der Waals surface area contributed by atoms with E-state index in [0.29, 0.717) is 11.6 Å². The monoisotopic (exact) mass is 278 g/mol. The summed E-state index contributed by atoms with van der Waals surface area (Å²) >= 11 is 0. The molecule has 2 aliphatic rings. The van der Waals surface area contributed by atoms with E-state index in [4.69, 9.17) is 0 Å². The maximum absolute atomic E-state index is 3.79. The fourth-order valence-electron chi connectivity index (χ4n) is 3.66. The number of nitrogens with one attached hydrogen (secondary N) is 1. The Labute approximate surface area is 126 Å². The van der Waals surface area contributed by atoms with Crippen molar-refractivity contribution in [2.75, 3.05) is 19.6 Å². The van der Waals surface area contributed by atoms with E-state index in [1.54, 1.807) is 5.57 Å². The molecule has 20 heavy (non-hydrogen) atoms. The van der Waals surface area contributed by atoms with Gasteiger partial charge in [0.2, 0.25) is 0 Å². The van der Waals surface area contributed by atoms with Crippen molar-refractivity contribution < 1.29 is 0 Å². The standard InChI is InChI=1S/C18H34N2/c1-5-18(4)14-20(17(13-19-18)15(2)3)12-11-16-9-7-6-8-10-16/h9,15,17,19H,5-8,10-14H2,1-4H3. The lowest BCUT2D eigenvalue weighted by Crippen LogP contribution is -2.64. The van der Waals surface area contributed by atoms with Crippen LogP contribution >= 0.6 is 0 Å². The van der Waals surface area contributed by atoms with Gasteiger partial charge < -0.3 is 5.32 Å². The quantitative estimate of drug-likeness (QED) is 0.765. The number of hydrogen-bond acceptors (Lipinski definition) is 2. The van der Waals surface area contributed by atoms with Crippen molar-refractivity contribution >= 4 is 0 Å². The number of rotatable bonds is 5. The minimum Gasteiger partial charge on any atom is -0.309 e. The van der Waals surface area contributed by atoms with Crippen LogP contribution in [0.5, 0.6) is 0 Å². The summed E-state index contributed by atoms with van der Waals surface area (Å²) in [6.07, 6.45) is 10.5. The maximum atomic E-state index is 3.79. The Kier molecular flexibility index (Phi) is 5.68. The molecule has 2 heteroatoms. The van der Waals surface area contributed by atoms with Crippen LogP contribution in [0.4, 0.5) is 0 Å². The average Bonchev–Trinajstić information content (AvgIpc) is 2.46. The van der Waals surface area contributed by atoms with E-state index < -0.39 is 0 Å². The third-order valence-electron chi connectivity index (χ3n) is 5.41. The minimum absolute atomic E-state index is 0.312. The first-order valence-electron chi connectivity index (χ1n) is 8.71. The average molecular weight is 278 g/mol. The summed E-state index contributed by atoms with van der Waals surface area (Å²) in [5.41, 5.74) is 2.03. The SMILES string of the molecule is CCC1(C)CN(CCC2=CCCCC2)C(C(C)C)CN1. The van der Waals surface area contributed by atoms with Crippen LogP contribution in [0, 0.1) is 5.92 Å². The van der Waals surface area contributed by atoms with Gasteiger partial charge in [0.05, 0.1) is 0 Å². The molecule has 1 fully saturated rings. The number of piperazine rings is 1. The van der Waals surface area contributed by atoms with Crippen LogP contribution < -0.4 is 5.32 Å². The fraction of sp³-hybridized carbons (Fsp3) is 0.889. The first-order chi connectivity index (χ1) is 9.54. The molecule has 116 valence electrons. The molecular formula is C18H34N2. The van der Waals surface area contributed by atoms with E-state index in [1.807, 2.05) is 0 Å². The maximum Gasteiger partial charge on any atom is 0.0278 e. The summed E-state index contributed by atoms with van der Waals surface area (Å²) in [7, 11) is 0. The molecule has 0 saturated carbocycles. The zero-order chi connectivity index (χ0) is 14.6. The van der Waals surface area contributed by atoms with Crippen LogP contribution in [0.15, 0.2) is 11.6 Å². The Morgan fingerprint density at radius 1 is 1.40 bits per heavy atom. The largest absolute Gasteiger partial charge is 0.309 e. The molecule has 2 nitrogen and oxygen atoms in total. The smallest absolute Gasteiger partial charge is 0.0278 e. The third-order valence-corrected chi connectivity index (χ3v) is 5.41. The van der Waals surface area contributed by atoms with Crippen molar-refractivity contribution in [3.8, 4) is 0 Å². The normalized spacial score (nSPS) is 32.5. The van der Waals surface area contributed by atoms with Crippen LogP contribution in [-0.4, -0.2) is 36.1 Å². The molecule has 1 heterocycles. The highest BCUT2D eigenvalue weighted by molar-refractivity contribution is 5.06. The van der Waals surface area contributed by atoms with E-state index >= 15 is 0 Å². The second kappa shape index (κ2) is 7.09. The molecule has 2 unspecified atom stereocenters. The highest BCUT2D eigenvalue weighted by Gasteiger charge is 2.35. The Morgan fingerprint density at radius 2 is 2.20 bits per heavy atom. The molecular weight excluding hydrogens is 244 g/mol. The lowest BCUT2D eigenvalue weighted by Gasteiger charge is -2.47. The molecule has 2 atom stereocenters. The first kappa shape index (κ1) is 16.0. The number of nitrogens with zero attached hydrogens (tertiary/aromatic N) is 1. The Bertz CT molecular complexity index is 334. The third kappa shape index (κ3) is 4.08. The summed E-state index contributed by atoms with van der Waals surface area (Å²) in [6.45, 7) is 13.1. The van der Waals surface area contributed by atoms with Gasteiger partial charge in [-0.05, 0) is 51.4 Å². The molecule has 0 amide bonds. The lowest BCUT2D eigenvalue weighted by molar-refractivity contribution is 0.0611. The zero-order valence-corrected chi connectivity index (χ0v) is 14.0. The fourth-order valence-corrected chi connectivity index (χ4v) is 3.66. The minimum atomic E-state index is 0.312. The summed E-state index contributed by atoms with van der Waals surface area (Å²) in [4.78, 5) is 2.76. The van der Waals surface area contributed by atoms with Crippen LogP contribution in [0.2, 0.25) is 0 Å². The van der Waals surface area contributed by atoms with Crippen molar-refractivity contribution in [2.45, 2.75) is 77.8 Å². The van der Waals surface area contributed by atoms with Gasteiger partial charge >= 0.3 is 0 Å². The molecule has 1 aliphatic carbocycles. The van der Waals surface area contributed by atoms with Gasteiger partial charge in [0.15, 0.2) is 0 Å². The molecule has 0 aromatic heterocycles.